The van der Waals surface area contributed by atoms with Crippen molar-refractivity contribution < 1.29 is 17.9 Å². The molecule has 0 unspecified atom stereocenters. The summed E-state index contributed by atoms with van der Waals surface area (Å²) in [6, 6.07) is 6.75. The fourth-order valence-corrected chi connectivity index (χ4v) is 4.10. The molecule has 1 saturated carbocycles. The maximum absolute atomic E-state index is 12.7. The van der Waals surface area contributed by atoms with Gasteiger partial charge in [0.25, 0.3) is 0 Å². The molecular formula is C15H20N2O4S. The van der Waals surface area contributed by atoms with Gasteiger partial charge in [0.05, 0.1) is 18.0 Å². The lowest BCUT2D eigenvalue weighted by molar-refractivity contribution is -0.134. The van der Waals surface area contributed by atoms with Gasteiger partial charge in [-0.15, -0.1) is 0 Å². The molecule has 1 aliphatic heterocycles. The predicted octanol–water partition coefficient (Wildman–Crippen LogP) is 1.08. The fourth-order valence-electron chi connectivity index (χ4n) is 2.68. The van der Waals surface area contributed by atoms with Gasteiger partial charge in [-0.25, -0.2) is 8.42 Å². The molecule has 0 N–H and O–H groups in total. The summed E-state index contributed by atoms with van der Waals surface area (Å²) in [6.45, 7) is 3.08. The van der Waals surface area contributed by atoms with Crippen molar-refractivity contribution in [2.24, 2.45) is 0 Å². The first-order chi connectivity index (χ1) is 10.5. The molecule has 1 amide bonds. The average Bonchev–Trinajstić information content (AvgIpc) is 3.32. The van der Waals surface area contributed by atoms with Crippen molar-refractivity contribution in [3.63, 3.8) is 0 Å². The van der Waals surface area contributed by atoms with Crippen LogP contribution in [0.25, 0.3) is 0 Å². The normalized spacial score (nSPS) is 20.2. The quantitative estimate of drug-likeness (QED) is 0.813. The molecule has 1 aliphatic carbocycles. The summed E-state index contributed by atoms with van der Waals surface area (Å²) in [5.74, 6) is 0.421. The number of ether oxygens (including phenoxy) is 1. The maximum Gasteiger partial charge on any atom is 0.243 e. The largest absolute Gasteiger partial charge is 0.494 e. The lowest BCUT2D eigenvalue weighted by Crippen LogP contribution is -2.52. The Morgan fingerprint density at radius 3 is 2.68 bits per heavy atom. The van der Waals surface area contributed by atoms with Gasteiger partial charge < -0.3 is 9.64 Å². The van der Waals surface area contributed by atoms with Crippen LogP contribution >= 0.6 is 0 Å². The Hall–Kier alpha value is -1.60. The molecule has 0 radical (unpaired) electrons. The van der Waals surface area contributed by atoms with Crippen LogP contribution < -0.4 is 4.74 Å². The first kappa shape index (κ1) is 15.3. The summed E-state index contributed by atoms with van der Waals surface area (Å²) in [5, 5.41) is 0. The summed E-state index contributed by atoms with van der Waals surface area (Å²) >= 11 is 0. The Bertz CT molecular complexity index is 670. The second-order valence-electron chi connectivity index (χ2n) is 5.56. The van der Waals surface area contributed by atoms with E-state index in [4.69, 9.17) is 4.74 Å². The molecule has 120 valence electrons. The molecule has 7 heteroatoms. The zero-order chi connectivity index (χ0) is 15.7. The zero-order valence-electron chi connectivity index (χ0n) is 12.6. The minimum absolute atomic E-state index is 0.0717. The van der Waals surface area contributed by atoms with Gasteiger partial charge in [0, 0.05) is 25.2 Å². The Kier molecular flexibility index (Phi) is 4.10. The molecule has 0 spiro atoms. The molecule has 1 aromatic rings. The second kappa shape index (κ2) is 5.89. The van der Waals surface area contributed by atoms with Crippen LogP contribution in [0.15, 0.2) is 29.2 Å². The third kappa shape index (κ3) is 2.96. The number of nitrogens with zero attached hydrogens (tertiary/aromatic N) is 2. The first-order valence-corrected chi connectivity index (χ1v) is 8.99. The number of carbonyl (C=O) groups excluding carboxylic acids is 1. The van der Waals surface area contributed by atoms with E-state index in [-0.39, 0.29) is 17.3 Å². The standard InChI is InChI=1S/C15H20N2O4S/c1-2-21-13-4-3-5-14(10-13)22(19,20)16-8-9-17(12-6-7-12)15(18)11-16/h3-5,10,12H,2,6-9,11H2,1H3. The molecule has 1 heterocycles. The highest BCUT2D eigenvalue weighted by Crippen LogP contribution is 2.29. The monoisotopic (exact) mass is 324 g/mol. The number of carbonyl (C=O) groups is 1. The van der Waals surface area contributed by atoms with E-state index in [2.05, 4.69) is 0 Å². The number of piperazine rings is 1. The van der Waals surface area contributed by atoms with Crippen LogP contribution in [0.4, 0.5) is 0 Å². The number of hydrogen-bond acceptors (Lipinski definition) is 4. The van der Waals surface area contributed by atoms with E-state index in [1.807, 2.05) is 11.8 Å². The van der Waals surface area contributed by atoms with Crippen molar-refractivity contribution in [2.45, 2.75) is 30.7 Å². The number of amides is 1. The van der Waals surface area contributed by atoms with Crippen molar-refractivity contribution >= 4 is 15.9 Å². The number of sulfonamides is 1. The topological polar surface area (TPSA) is 66.9 Å². The summed E-state index contributed by atoms with van der Waals surface area (Å²) < 4.78 is 32.0. The summed E-state index contributed by atoms with van der Waals surface area (Å²) in [6.07, 6.45) is 2.07. The molecule has 1 saturated heterocycles. The summed E-state index contributed by atoms with van der Waals surface area (Å²) in [7, 11) is -3.66. The van der Waals surface area contributed by atoms with Crippen LogP contribution in [-0.2, 0) is 14.8 Å². The van der Waals surface area contributed by atoms with Gasteiger partial charge >= 0.3 is 0 Å². The van der Waals surface area contributed by atoms with E-state index in [0.29, 0.717) is 31.5 Å². The van der Waals surface area contributed by atoms with E-state index in [0.717, 1.165) is 12.8 Å². The van der Waals surface area contributed by atoms with Gasteiger partial charge in [0.2, 0.25) is 15.9 Å². The van der Waals surface area contributed by atoms with E-state index in [9.17, 15) is 13.2 Å². The molecule has 0 bridgehead atoms. The molecule has 0 atom stereocenters. The third-order valence-electron chi connectivity index (χ3n) is 3.96. The third-order valence-corrected chi connectivity index (χ3v) is 5.81. The van der Waals surface area contributed by atoms with Crippen LogP contribution in [-0.4, -0.2) is 55.8 Å². The van der Waals surface area contributed by atoms with E-state index in [1.165, 1.54) is 16.4 Å². The summed E-state index contributed by atoms with van der Waals surface area (Å²) in [5.41, 5.74) is 0. The van der Waals surface area contributed by atoms with Crippen molar-refractivity contribution in [1.29, 1.82) is 0 Å². The molecule has 6 nitrogen and oxygen atoms in total. The fraction of sp³-hybridized carbons (Fsp3) is 0.533. The number of rotatable bonds is 5. The second-order valence-corrected chi connectivity index (χ2v) is 7.50. The number of hydrogen-bond donors (Lipinski definition) is 0. The van der Waals surface area contributed by atoms with Crippen LogP contribution in [0.1, 0.15) is 19.8 Å². The minimum atomic E-state index is -3.66. The highest BCUT2D eigenvalue weighted by molar-refractivity contribution is 7.89. The minimum Gasteiger partial charge on any atom is -0.494 e. The Labute approximate surface area is 130 Å². The Morgan fingerprint density at radius 1 is 1.27 bits per heavy atom. The van der Waals surface area contributed by atoms with Gasteiger partial charge in [-0.05, 0) is 31.9 Å². The van der Waals surface area contributed by atoms with E-state index < -0.39 is 10.0 Å². The Balaban J connectivity index is 1.78. The average molecular weight is 324 g/mol. The molecule has 3 rings (SSSR count). The number of benzene rings is 1. The van der Waals surface area contributed by atoms with Crippen molar-refractivity contribution in [3.8, 4) is 5.75 Å². The first-order valence-electron chi connectivity index (χ1n) is 7.55. The van der Waals surface area contributed by atoms with Gasteiger partial charge in [-0.1, -0.05) is 6.07 Å². The molecular weight excluding hydrogens is 304 g/mol. The predicted molar refractivity (Wildman–Crippen MR) is 81.1 cm³/mol. The van der Waals surface area contributed by atoms with E-state index in [1.54, 1.807) is 12.1 Å². The van der Waals surface area contributed by atoms with Crippen molar-refractivity contribution in [1.82, 2.24) is 9.21 Å². The lowest BCUT2D eigenvalue weighted by Gasteiger charge is -2.33. The van der Waals surface area contributed by atoms with Gasteiger partial charge in [-0.2, -0.15) is 4.31 Å². The molecule has 1 aromatic carbocycles. The molecule has 2 aliphatic rings. The van der Waals surface area contributed by atoms with Gasteiger partial charge in [0.1, 0.15) is 5.75 Å². The lowest BCUT2D eigenvalue weighted by atomic mass is 10.3. The van der Waals surface area contributed by atoms with Crippen molar-refractivity contribution in [3.05, 3.63) is 24.3 Å². The van der Waals surface area contributed by atoms with Crippen LogP contribution in [0, 0.1) is 0 Å². The molecule has 2 fully saturated rings. The van der Waals surface area contributed by atoms with Crippen LogP contribution in [0.2, 0.25) is 0 Å². The van der Waals surface area contributed by atoms with Crippen LogP contribution in [0.3, 0.4) is 0 Å². The van der Waals surface area contributed by atoms with Crippen molar-refractivity contribution in [2.75, 3.05) is 26.2 Å². The molecule has 22 heavy (non-hydrogen) atoms. The maximum atomic E-state index is 12.7. The van der Waals surface area contributed by atoms with Gasteiger partial charge in [-0.3, -0.25) is 4.79 Å². The molecule has 0 aromatic heterocycles. The SMILES string of the molecule is CCOc1cccc(S(=O)(=O)N2CCN(C3CC3)C(=O)C2)c1. The van der Waals surface area contributed by atoms with Gasteiger partial charge in [0.15, 0.2) is 0 Å². The van der Waals surface area contributed by atoms with Crippen LogP contribution in [0.5, 0.6) is 5.75 Å². The zero-order valence-corrected chi connectivity index (χ0v) is 13.4. The smallest absolute Gasteiger partial charge is 0.243 e. The summed E-state index contributed by atoms with van der Waals surface area (Å²) in [4.78, 5) is 14.1. The Morgan fingerprint density at radius 2 is 2.05 bits per heavy atom. The van der Waals surface area contributed by atoms with E-state index >= 15 is 0 Å². The highest BCUT2D eigenvalue weighted by atomic mass is 32.2. The highest BCUT2D eigenvalue weighted by Gasteiger charge is 2.39.